The Morgan fingerprint density at radius 2 is 2.00 bits per heavy atom. The predicted molar refractivity (Wildman–Crippen MR) is 119 cm³/mol. The lowest BCUT2D eigenvalue weighted by molar-refractivity contribution is -0.118. The van der Waals surface area contributed by atoms with Crippen molar-refractivity contribution < 1.29 is 9.53 Å². The highest BCUT2D eigenvalue weighted by Gasteiger charge is 2.18. The number of nitrogens with two attached hydrogens (primary N) is 1. The Bertz CT molecular complexity index is 1070. The number of pyridine rings is 1. The second kappa shape index (κ2) is 8.53. The Labute approximate surface area is 181 Å². The Balaban J connectivity index is 1.53. The molecule has 3 aromatic rings. The zero-order chi connectivity index (χ0) is 21.3. The maximum atomic E-state index is 11.0. The number of carbonyl (C=O) groups excluding carboxylic acids is 1. The molecular formula is C22H26ClN5O2. The minimum absolute atomic E-state index is 0.244. The van der Waals surface area contributed by atoms with E-state index >= 15 is 0 Å². The number of rotatable bonds is 6. The van der Waals surface area contributed by atoms with Crippen molar-refractivity contribution in [2.45, 2.75) is 13.3 Å². The SMILES string of the molecule is COc1cc(C)c(-c2cn3ccc(N4CCN(CCC(N)=O)CC4)cc3n2)cc1Cl. The summed E-state index contributed by atoms with van der Waals surface area (Å²) in [4.78, 5) is 20.5. The number of methoxy groups -OCH3 is 1. The number of aryl methyl sites for hydroxylation is 1. The summed E-state index contributed by atoms with van der Waals surface area (Å²) >= 11 is 6.33. The number of halogens is 1. The van der Waals surface area contributed by atoms with E-state index < -0.39 is 0 Å². The number of carbonyl (C=O) groups is 1. The monoisotopic (exact) mass is 427 g/mol. The van der Waals surface area contributed by atoms with Gasteiger partial charge >= 0.3 is 0 Å². The molecule has 0 radical (unpaired) electrons. The molecule has 0 aliphatic carbocycles. The van der Waals surface area contributed by atoms with Crippen LogP contribution in [0.4, 0.5) is 5.69 Å². The van der Waals surface area contributed by atoms with Gasteiger partial charge in [0.05, 0.1) is 17.8 Å². The Morgan fingerprint density at radius 1 is 1.23 bits per heavy atom. The van der Waals surface area contributed by atoms with Crippen LogP contribution >= 0.6 is 11.6 Å². The van der Waals surface area contributed by atoms with E-state index in [4.69, 9.17) is 27.1 Å². The molecule has 3 heterocycles. The van der Waals surface area contributed by atoms with E-state index in [1.54, 1.807) is 7.11 Å². The zero-order valence-corrected chi connectivity index (χ0v) is 18.0. The third-order valence-electron chi connectivity index (χ3n) is 5.63. The molecule has 7 nitrogen and oxygen atoms in total. The molecule has 1 saturated heterocycles. The first-order valence-electron chi connectivity index (χ1n) is 10.0. The van der Waals surface area contributed by atoms with Crippen LogP contribution in [0.3, 0.4) is 0 Å². The van der Waals surface area contributed by atoms with Crippen molar-refractivity contribution in [3.05, 3.63) is 47.2 Å². The van der Waals surface area contributed by atoms with Crippen LogP contribution in [0.15, 0.2) is 36.7 Å². The average molecular weight is 428 g/mol. The lowest BCUT2D eigenvalue weighted by atomic mass is 10.1. The molecular weight excluding hydrogens is 402 g/mol. The van der Waals surface area contributed by atoms with Gasteiger partial charge in [0.15, 0.2) is 0 Å². The van der Waals surface area contributed by atoms with Crippen molar-refractivity contribution in [3.63, 3.8) is 0 Å². The number of primary amides is 1. The fraction of sp³-hybridized carbons (Fsp3) is 0.364. The second-order valence-corrected chi connectivity index (χ2v) is 8.03. The number of fused-ring (bicyclic) bond motifs is 1. The molecule has 8 heteroatoms. The van der Waals surface area contributed by atoms with Crippen LogP contribution in [-0.4, -0.2) is 60.0 Å². The van der Waals surface area contributed by atoms with Gasteiger partial charge in [-0.25, -0.2) is 4.98 Å². The minimum atomic E-state index is -0.244. The first-order chi connectivity index (χ1) is 14.4. The molecule has 1 aliphatic rings. The Hall–Kier alpha value is -2.77. The molecule has 0 unspecified atom stereocenters. The van der Waals surface area contributed by atoms with Crippen LogP contribution in [0.2, 0.25) is 5.02 Å². The number of aromatic nitrogens is 2. The lowest BCUT2D eigenvalue weighted by Crippen LogP contribution is -2.47. The maximum absolute atomic E-state index is 11.0. The highest BCUT2D eigenvalue weighted by molar-refractivity contribution is 6.32. The Morgan fingerprint density at radius 3 is 2.70 bits per heavy atom. The summed E-state index contributed by atoms with van der Waals surface area (Å²) in [5.74, 6) is 0.422. The van der Waals surface area contributed by atoms with Gasteiger partial charge in [0.2, 0.25) is 5.91 Å². The fourth-order valence-electron chi connectivity index (χ4n) is 3.88. The number of imidazole rings is 1. The van der Waals surface area contributed by atoms with Crippen LogP contribution in [0.1, 0.15) is 12.0 Å². The number of benzene rings is 1. The van der Waals surface area contributed by atoms with E-state index in [-0.39, 0.29) is 5.91 Å². The number of amides is 1. The predicted octanol–water partition coefficient (Wildman–Crippen LogP) is 2.97. The van der Waals surface area contributed by atoms with Crippen LogP contribution in [0.25, 0.3) is 16.9 Å². The maximum Gasteiger partial charge on any atom is 0.218 e. The molecule has 0 bridgehead atoms. The molecule has 2 aromatic heterocycles. The van der Waals surface area contributed by atoms with Crippen molar-refractivity contribution in [1.82, 2.24) is 14.3 Å². The number of hydrogen-bond acceptors (Lipinski definition) is 5. The van der Waals surface area contributed by atoms with E-state index in [9.17, 15) is 4.79 Å². The van der Waals surface area contributed by atoms with E-state index in [1.807, 2.05) is 35.9 Å². The van der Waals surface area contributed by atoms with Crippen LogP contribution < -0.4 is 15.4 Å². The van der Waals surface area contributed by atoms with Crippen LogP contribution in [0.5, 0.6) is 5.75 Å². The quantitative estimate of drug-likeness (QED) is 0.654. The number of ether oxygens (including phenoxy) is 1. The fourth-order valence-corrected chi connectivity index (χ4v) is 4.12. The first-order valence-corrected chi connectivity index (χ1v) is 10.4. The summed E-state index contributed by atoms with van der Waals surface area (Å²) in [6, 6.07) is 8.07. The highest BCUT2D eigenvalue weighted by atomic mass is 35.5. The van der Waals surface area contributed by atoms with Gasteiger partial charge in [0, 0.05) is 68.9 Å². The summed E-state index contributed by atoms with van der Waals surface area (Å²) in [5.41, 5.74) is 10.2. The number of piperazine rings is 1. The van der Waals surface area contributed by atoms with Gasteiger partial charge in [-0.1, -0.05) is 11.6 Å². The van der Waals surface area contributed by atoms with Gasteiger partial charge in [0.25, 0.3) is 0 Å². The van der Waals surface area contributed by atoms with Crippen molar-refractivity contribution in [1.29, 1.82) is 0 Å². The van der Waals surface area contributed by atoms with Crippen LogP contribution in [-0.2, 0) is 4.79 Å². The number of anilines is 1. The van der Waals surface area contributed by atoms with Crippen LogP contribution in [0, 0.1) is 6.92 Å². The molecule has 0 spiro atoms. The molecule has 4 rings (SSSR count). The Kier molecular flexibility index (Phi) is 5.83. The van der Waals surface area contributed by atoms with Gasteiger partial charge in [-0.05, 0) is 30.7 Å². The number of nitrogens with zero attached hydrogens (tertiary/aromatic N) is 4. The summed E-state index contributed by atoms with van der Waals surface area (Å²) in [6.07, 6.45) is 4.48. The topological polar surface area (TPSA) is 76.1 Å². The van der Waals surface area contributed by atoms with Crippen molar-refractivity contribution in [2.24, 2.45) is 5.73 Å². The average Bonchev–Trinajstić information content (AvgIpc) is 3.17. The molecule has 1 aromatic carbocycles. The molecule has 0 saturated carbocycles. The smallest absolute Gasteiger partial charge is 0.218 e. The lowest BCUT2D eigenvalue weighted by Gasteiger charge is -2.35. The highest BCUT2D eigenvalue weighted by Crippen LogP contribution is 2.33. The number of hydrogen-bond donors (Lipinski definition) is 1. The standard InChI is InChI=1S/C22H26ClN5O2/c1-15-11-20(30-2)18(23)13-17(15)19-14-28-6-3-16(12-22(28)25-19)27-9-7-26(8-10-27)5-4-21(24)29/h3,6,11-14H,4-5,7-10H2,1-2H3,(H2,24,29). The van der Waals surface area contributed by atoms with E-state index in [2.05, 4.69) is 21.9 Å². The minimum Gasteiger partial charge on any atom is -0.495 e. The third-order valence-corrected chi connectivity index (χ3v) is 5.93. The zero-order valence-electron chi connectivity index (χ0n) is 17.3. The second-order valence-electron chi connectivity index (χ2n) is 7.62. The molecule has 158 valence electrons. The largest absolute Gasteiger partial charge is 0.495 e. The van der Waals surface area contributed by atoms with Gasteiger partial charge < -0.3 is 19.8 Å². The normalized spacial score (nSPS) is 15.0. The van der Waals surface area contributed by atoms with Crippen molar-refractivity contribution >= 4 is 28.8 Å². The van der Waals surface area contributed by atoms with E-state index in [0.717, 1.165) is 60.9 Å². The van der Waals surface area contributed by atoms with Crippen molar-refractivity contribution in [3.8, 4) is 17.0 Å². The molecule has 30 heavy (non-hydrogen) atoms. The first kappa shape index (κ1) is 20.5. The summed E-state index contributed by atoms with van der Waals surface area (Å²) in [7, 11) is 1.62. The van der Waals surface area contributed by atoms with Gasteiger partial charge in [-0.15, -0.1) is 0 Å². The van der Waals surface area contributed by atoms with Crippen molar-refractivity contribution in [2.75, 3.05) is 44.7 Å². The summed E-state index contributed by atoms with van der Waals surface area (Å²) in [6.45, 7) is 6.42. The molecule has 1 fully saturated rings. The molecule has 2 N–H and O–H groups in total. The van der Waals surface area contributed by atoms with E-state index in [0.29, 0.717) is 17.2 Å². The van der Waals surface area contributed by atoms with Gasteiger partial charge in [0.1, 0.15) is 11.4 Å². The molecule has 1 aliphatic heterocycles. The van der Waals surface area contributed by atoms with Gasteiger partial charge in [-0.3, -0.25) is 9.69 Å². The van der Waals surface area contributed by atoms with Gasteiger partial charge in [-0.2, -0.15) is 0 Å². The summed E-state index contributed by atoms with van der Waals surface area (Å²) in [5, 5.41) is 0.574. The summed E-state index contributed by atoms with van der Waals surface area (Å²) < 4.78 is 7.33. The molecule has 0 atom stereocenters. The third kappa shape index (κ3) is 4.22. The van der Waals surface area contributed by atoms with E-state index in [1.165, 1.54) is 0 Å². The molecule has 1 amide bonds.